The van der Waals surface area contributed by atoms with Crippen molar-refractivity contribution in [2.45, 2.75) is 58.9 Å². The van der Waals surface area contributed by atoms with Gasteiger partial charge in [0.2, 0.25) is 0 Å². The van der Waals surface area contributed by atoms with Crippen molar-refractivity contribution in [3.8, 4) is 0 Å². The lowest BCUT2D eigenvalue weighted by molar-refractivity contribution is -0.162. The van der Waals surface area contributed by atoms with Crippen LogP contribution in [0.5, 0.6) is 0 Å². The van der Waals surface area contributed by atoms with Gasteiger partial charge in [-0.15, -0.1) is 6.58 Å². The topological polar surface area (TPSA) is 52.6 Å². The summed E-state index contributed by atoms with van der Waals surface area (Å²) in [6.45, 7) is 11.3. The van der Waals surface area contributed by atoms with E-state index in [9.17, 15) is 9.59 Å². The van der Waals surface area contributed by atoms with Crippen LogP contribution in [0, 0.1) is 11.8 Å². The van der Waals surface area contributed by atoms with Gasteiger partial charge in [-0.05, 0) is 27.7 Å². The molecule has 1 rings (SSSR count). The maximum Gasteiger partial charge on any atom is 0.309 e. The number of ether oxygens (including phenoxy) is 2. The van der Waals surface area contributed by atoms with E-state index in [1.807, 2.05) is 33.8 Å². The Balaban J connectivity index is 2.77. The Morgan fingerprint density at radius 2 is 1.50 bits per heavy atom. The SMILES string of the molecule is C=CCB1C[C@H](C(=O)OC(C)C)[C@H](C(=O)OC(C)C)C1. The normalized spacial score (nSPS) is 22.2. The van der Waals surface area contributed by atoms with E-state index in [4.69, 9.17) is 9.47 Å². The van der Waals surface area contributed by atoms with E-state index in [2.05, 4.69) is 6.58 Å². The molecule has 0 aromatic rings. The first-order valence-electron chi connectivity index (χ1n) is 7.37. The molecule has 0 aromatic carbocycles. The Labute approximate surface area is 122 Å². The maximum absolute atomic E-state index is 12.2. The molecule has 0 N–H and O–H groups in total. The van der Waals surface area contributed by atoms with E-state index in [0.29, 0.717) is 19.4 Å². The summed E-state index contributed by atoms with van der Waals surface area (Å²) < 4.78 is 10.5. The summed E-state index contributed by atoms with van der Waals surface area (Å²) in [5.41, 5.74) is 0. The van der Waals surface area contributed by atoms with Crippen LogP contribution in [0.3, 0.4) is 0 Å². The number of hydrogen-bond donors (Lipinski definition) is 0. The lowest BCUT2D eigenvalue weighted by Crippen LogP contribution is -2.30. The Morgan fingerprint density at radius 3 is 1.80 bits per heavy atom. The minimum absolute atomic E-state index is 0.164. The predicted octanol–water partition coefficient (Wildman–Crippen LogP) is 2.82. The third-order valence-electron chi connectivity index (χ3n) is 3.47. The van der Waals surface area contributed by atoms with Crippen LogP contribution in [0.2, 0.25) is 19.0 Å². The molecule has 0 unspecified atom stereocenters. The first-order valence-corrected chi connectivity index (χ1v) is 7.37. The molecule has 2 atom stereocenters. The molecule has 0 aromatic heterocycles. The monoisotopic (exact) mass is 280 g/mol. The third kappa shape index (κ3) is 4.69. The number of rotatable bonds is 6. The van der Waals surface area contributed by atoms with Gasteiger partial charge in [0.1, 0.15) is 6.71 Å². The first-order chi connectivity index (χ1) is 9.35. The van der Waals surface area contributed by atoms with Crippen molar-refractivity contribution < 1.29 is 19.1 Å². The molecule has 1 heterocycles. The minimum atomic E-state index is -0.381. The van der Waals surface area contributed by atoms with Crippen molar-refractivity contribution in [2.24, 2.45) is 11.8 Å². The molecule has 0 aliphatic carbocycles. The van der Waals surface area contributed by atoms with Crippen molar-refractivity contribution in [3.05, 3.63) is 12.7 Å². The van der Waals surface area contributed by atoms with Crippen LogP contribution >= 0.6 is 0 Å². The van der Waals surface area contributed by atoms with E-state index < -0.39 is 0 Å². The van der Waals surface area contributed by atoms with Crippen LogP contribution in [-0.4, -0.2) is 30.9 Å². The lowest BCUT2D eigenvalue weighted by atomic mass is 9.45. The lowest BCUT2D eigenvalue weighted by Gasteiger charge is -2.20. The Morgan fingerprint density at radius 1 is 1.10 bits per heavy atom. The summed E-state index contributed by atoms with van der Waals surface area (Å²) >= 11 is 0. The number of carbonyl (C=O) groups excluding carboxylic acids is 2. The zero-order valence-corrected chi connectivity index (χ0v) is 12.9. The molecule has 1 fully saturated rings. The molecule has 0 amide bonds. The molecule has 112 valence electrons. The molecule has 0 spiro atoms. The first kappa shape index (κ1) is 16.8. The molecule has 20 heavy (non-hydrogen) atoms. The van der Waals surface area contributed by atoms with Gasteiger partial charge in [-0.3, -0.25) is 9.59 Å². The van der Waals surface area contributed by atoms with Crippen LogP contribution in [0.15, 0.2) is 12.7 Å². The summed E-state index contributed by atoms with van der Waals surface area (Å²) in [7, 11) is 0. The fourth-order valence-electron chi connectivity index (χ4n) is 2.73. The van der Waals surface area contributed by atoms with Crippen molar-refractivity contribution in [3.63, 3.8) is 0 Å². The van der Waals surface area contributed by atoms with E-state index >= 15 is 0 Å². The van der Waals surface area contributed by atoms with E-state index in [1.165, 1.54) is 0 Å². The summed E-state index contributed by atoms with van der Waals surface area (Å²) in [5.74, 6) is -1.32. The predicted molar refractivity (Wildman–Crippen MR) is 79.8 cm³/mol. The molecule has 1 aliphatic heterocycles. The van der Waals surface area contributed by atoms with Gasteiger partial charge in [0.05, 0.1) is 24.0 Å². The van der Waals surface area contributed by atoms with Crippen LogP contribution < -0.4 is 0 Å². The van der Waals surface area contributed by atoms with Gasteiger partial charge in [-0.2, -0.15) is 0 Å². The number of esters is 2. The van der Waals surface area contributed by atoms with Gasteiger partial charge >= 0.3 is 11.9 Å². The molecule has 1 aliphatic rings. The Kier molecular flexibility index (Phi) is 6.31. The van der Waals surface area contributed by atoms with Gasteiger partial charge in [-0.25, -0.2) is 0 Å². The quantitative estimate of drug-likeness (QED) is 0.426. The van der Waals surface area contributed by atoms with E-state index in [-0.39, 0.29) is 36.0 Å². The van der Waals surface area contributed by atoms with E-state index in [1.54, 1.807) is 0 Å². The Hall–Kier alpha value is -1.26. The molecule has 4 nitrogen and oxygen atoms in total. The second kappa shape index (κ2) is 7.51. The fourth-order valence-corrected chi connectivity index (χ4v) is 2.73. The smallest absolute Gasteiger partial charge is 0.309 e. The maximum atomic E-state index is 12.2. The van der Waals surface area contributed by atoms with Crippen LogP contribution in [-0.2, 0) is 19.1 Å². The Bertz CT molecular complexity index is 335. The second-order valence-corrected chi connectivity index (χ2v) is 6.05. The summed E-state index contributed by atoms with van der Waals surface area (Å²) in [6, 6.07) is 0. The average molecular weight is 280 g/mol. The molecular formula is C15H25BO4. The molecule has 0 radical (unpaired) electrons. The second-order valence-electron chi connectivity index (χ2n) is 6.05. The number of allylic oxidation sites excluding steroid dienone is 1. The molecule has 0 saturated carbocycles. The van der Waals surface area contributed by atoms with Crippen LogP contribution in [0.4, 0.5) is 0 Å². The largest absolute Gasteiger partial charge is 0.463 e. The van der Waals surface area contributed by atoms with Crippen LogP contribution in [0.1, 0.15) is 27.7 Å². The van der Waals surface area contributed by atoms with Crippen molar-refractivity contribution in [1.29, 1.82) is 0 Å². The highest BCUT2D eigenvalue weighted by molar-refractivity contribution is 6.61. The van der Waals surface area contributed by atoms with Gasteiger partial charge in [-0.1, -0.05) is 25.0 Å². The number of carbonyl (C=O) groups is 2. The van der Waals surface area contributed by atoms with Crippen molar-refractivity contribution in [1.82, 2.24) is 0 Å². The van der Waals surface area contributed by atoms with Gasteiger partial charge in [0.25, 0.3) is 0 Å². The molecule has 5 heteroatoms. The van der Waals surface area contributed by atoms with Gasteiger partial charge < -0.3 is 9.47 Å². The molecular weight excluding hydrogens is 255 g/mol. The van der Waals surface area contributed by atoms with E-state index in [0.717, 1.165) is 6.32 Å². The van der Waals surface area contributed by atoms with Gasteiger partial charge in [0.15, 0.2) is 0 Å². The zero-order chi connectivity index (χ0) is 15.3. The molecule has 0 bridgehead atoms. The fraction of sp³-hybridized carbons (Fsp3) is 0.733. The average Bonchev–Trinajstić information content (AvgIpc) is 2.72. The third-order valence-corrected chi connectivity index (χ3v) is 3.47. The minimum Gasteiger partial charge on any atom is -0.463 e. The molecule has 1 saturated heterocycles. The summed E-state index contributed by atoms with van der Waals surface area (Å²) in [6.07, 6.45) is 3.68. The highest BCUT2D eigenvalue weighted by Crippen LogP contribution is 2.37. The standard InChI is InChI=1S/C15H25BO4/c1-6-7-16-8-12(14(17)19-10(2)3)13(9-16)15(18)20-11(4)5/h6,10-13H,1,7-9H2,2-5H3/t12-,13+. The van der Waals surface area contributed by atoms with Gasteiger partial charge in [0, 0.05) is 0 Å². The van der Waals surface area contributed by atoms with Crippen LogP contribution in [0.25, 0.3) is 0 Å². The zero-order valence-electron chi connectivity index (χ0n) is 12.9. The highest BCUT2D eigenvalue weighted by Gasteiger charge is 2.45. The van der Waals surface area contributed by atoms with Crippen molar-refractivity contribution >= 4 is 18.7 Å². The highest BCUT2D eigenvalue weighted by atomic mass is 16.6. The summed E-state index contributed by atoms with van der Waals surface area (Å²) in [5, 5.41) is 0. The van der Waals surface area contributed by atoms with Crippen molar-refractivity contribution in [2.75, 3.05) is 0 Å². The number of hydrogen-bond acceptors (Lipinski definition) is 4. The summed E-state index contributed by atoms with van der Waals surface area (Å²) in [4.78, 5) is 24.3.